The van der Waals surface area contributed by atoms with E-state index in [-0.39, 0.29) is 35.0 Å². The van der Waals surface area contributed by atoms with Crippen molar-refractivity contribution in [3.05, 3.63) is 65.9 Å². The summed E-state index contributed by atoms with van der Waals surface area (Å²) in [6.07, 6.45) is 6.48. The summed E-state index contributed by atoms with van der Waals surface area (Å²) in [5, 5.41) is 16.9. The fraction of sp³-hybridized carbons (Fsp3) is 0.273. The van der Waals surface area contributed by atoms with Gasteiger partial charge in [0, 0.05) is 23.9 Å². The Kier molecular flexibility index (Phi) is 4.46. The predicted molar refractivity (Wildman–Crippen MR) is 107 cm³/mol. The molecule has 3 heterocycles. The number of fused-ring (bicyclic) bond motifs is 2. The van der Waals surface area contributed by atoms with E-state index in [2.05, 4.69) is 15.4 Å². The summed E-state index contributed by atoms with van der Waals surface area (Å²) in [7, 11) is 0. The first kappa shape index (κ1) is 19.2. The van der Waals surface area contributed by atoms with Gasteiger partial charge in [0.1, 0.15) is 17.1 Å². The van der Waals surface area contributed by atoms with Gasteiger partial charge in [-0.3, -0.25) is 9.78 Å². The average molecular weight is 422 g/mol. The molecule has 1 aliphatic heterocycles. The molecule has 1 spiro atoms. The number of halogens is 1. The molecule has 5 rings (SSSR count). The Bertz CT molecular complexity index is 1180. The number of amides is 1. The van der Waals surface area contributed by atoms with Gasteiger partial charge in [0.25, 0.3) is 0 Å². The summed E-state index contributed by atoms with van der Waals surface area (Å²) in [5.74, 6) is -1.77. The summed E-state index contributed by atoms with van der Waals surface area (Å²) in [6, 6.07) is 7.66. The van der Waals surface area contributed by atoms with Crippen molar-refractivity contribution in [2.75, 3.05) is 5.32 Å². The van der Waals surface area contributed by atoms with E-state index >= 15 is 0 Å². The molecule has 8 nitrogen and oxygen atoms in total. The Hall–Kier alpha value is -3.75. The molecule has 0 atom stereocenters. The highest BCUT2D eigenvalue weighted by Crippen LogP contribution is 2.48. The third-order valence-corrected chi connectivity index (χ3v) is 6.02. The topological polar surface area (TPSA) is 106 Å². The lowest BCUT2D eigenvalue weighted by Crippen LogP contribution is -2.36. The van der Waals surface area contributed by atoms with Crippen LogP contribution in [0.3, 0.4) is 0 Å². The molecular weight excluding hydrogens is 403 g/mol. The Balaban J connectivity index is 1.28. The van der Waals surface area contributed by atoms with Crippen LogP contribution >= 0.6 is 0 Å². The van der Waals surface area contributed by atoms with Gasteiger partial charge in [0.15, 0.2) is 11.6 Å². The highest BCUT2D eigenvalue weighted by Gasteiger charge is 2.48. The maximum atomic E-state index is 14.0. The van der Waals surface area contributed by atoms with Gasteiger partial charge in [-0.2, -0.15) is 0 Å². The van der Waals surface area contributed by atoms with Gasteiger partial charge >= 0.3 is 5.97 Å². The molecule has 0 radical (unpaired) electrons. The van der Waals surface area contributed by atoms with E-state index < -0.39 is 11.4 Å². The van der Waals surface area contributed by atoms with Crippen molar-refractivity contribution in [2.45, 2.75) is 31.3 Å². The van der Waals surface area contributed by atoms with Gasteiger partial charge < -0.3 is 15.2 Å². The van der Waals surface area contributed by atoms with Crippen LogP contribution in [0.2, 0.25) is 0 Å². The lowest BCUT2D eigenvalue weighted by Gasteiger charge is -2.35. The Morgan fingerprint density at radius 1 is 1.26 bits per heavy atom. The Morgan fingerprint density at radius 2 is 2.03 bits per heavy atom. The van der Waals surface area contributed by atoms with Crippen molar-refractivity contribution < 1.29 is 23.8 Å². The number of carbonyl (C=O) groups is 2. The largest absolute Gasteiger partial charge is 0.503 e. The van der Waals surface area contributed by atoms with Gasteiger partial charge in [-0.1, -0.05) is 12.1 Å². The van der Waals surface area contributed by atoms with Crippen LogP contribution in [-0.4, -0.2) is 31.7 Å². The number of esters is 1. The van der Waals surface area contributed by atoms with E-state index in [1.807, 2.05) is 0 Å². The number of anilines is 1. The SMILES string of the molecule is O=C1OC2(CCC(C(=O)Nc3nn(-c4ccccc4F)cc3O)CC2)c2cnccc21. The van der Waals surface area contributed by atoms with Crippen molar-refractivity contribution in [1.82, 2.24) is 14.8 Å². The number of nitrogens with zero attached hydrogens (tertiary/aromatic N) is 3. The third kappa shape index (κ3) is 3.22. The van der Waals surface area contributed by atoms with Crippen molar-refractivity contribution in [1.29, 1.82) is 0 Å². The molecule has 31 heavy (non-hydrogen) atoms. The summed E-state index contributed by atoms with van der Waals surface area (Å²) in [4.78, 5) is 29.1. The number of carbonyl (C=O) groups excluding carboxylic acids is 2. The molecule has 0 saturated heterocycles. The van der Waals surface area contributed by atoms with Crippen molar-refractivity contribution >= 4 is 17.7 Å². The van der Waals surface area contributed by atoms with Gasteiger partial charge in [0.2, 0.25) is 5.91 Å². The Labute approximate surface area is 176 Å². The van der Waals surface area contributed by atoms with E-state index in [9.17, 15) is 19.1 Å². The van der Waals surface area contributed by atoms with Crippen LogP contribution in [0.4, 0.5) is 10.2 Å². The quantitative estimate of drug-likeness (QED) is 0.628. The van der Waals surface area contributed by atoms with Gasteiger partial charge in [0.05, 0.1) is 11.8 Å². The van der Waals surface area contributed by atoms with Gasteiger partial charge in [-0.25, -0.2) is 13.9 Å². The van der Waals surface area contributed by atoms with Crippen LogP contribution in [0, 0.1) is 11.7 Å². The van der Waals surface area contributed by atoms with Crippen LogP contribution in [-0.2, 0) is 15.1 Å². The molecule has 2 aliphatic rings. The number of rotatable bonds is 3. The molecule has 1 aromatic carbocycles. The van der Waals surface area contributed by atoms with Crippen molar-refractivity contribution in [2.24, 2.45) is 5.92 Å². The maximum Gasteiger partial charge on any atom is 0.339 e. The first-order chi connectivity index (χ1) is 15.0. The lowest BCUT2D eigenvalue weighted by molar-refractivity contribution is -0.122. The normalized spacial score (nSPS) is 22.2. The molecule has 1 fully saturated rings. The number of para-hydroxylation sites is 1. The summed E-state index contributed by atoms with van der Waals surface area (Å²) in [5.41, 5.74) is 0.737. The van der Waals surface area contributed by atoms with Crippen LogP contribution in [0.1, 0.15) is 41.6 Å². The number of benzene rings is 1. The van der Waals surface area contributed by atoms with Crippen molar-refractivity contribution in [3.8, 4) is 11.4 Å². The molecule has 0 bridgehead atoms. The molecule has 1 amide bonds. The monoisotopic (exact) mass is 422 g/mol. The summed E-state index contributed by atoms with van der Waals surface area (Å²) >= 11 is 0. The number of aromatic nitrogens is 3. The molecular formula is C22H19FN4O4. The van der Waals surface area contributed by atoms with Crippen molar-refractivity contribution in [3.63, 3.8) is 0 Å². The molecule has 9 heteroatoms. The molecule has 3 aromatic rings. The minimum atomic E-state index is -0.730. The van der Waals surface area contributed by atoms with Crippen LogP contribution in [0.5, 0.6) is 5.75 Å². The minimum absolute atomic E-state index is 0.0321. The Morgan fingerprint density at radius 3 is 2.81 bits per heavy atom. The zero-order valence-electron chi connectivity index (χ0n) is 16.4. The van der Waals surface area contributed by atoms with E-state index in [1.165, 1.54) is 23.0 Å². The fourth-order valence-electron chi connectivity index (χ4n) is 4.37. The molecule has 1 aliphatic carbocycles. The number of pyridine rings is 1. The van der Waals surface area contributed by atoms with Crippen LogP contribution in [0.25, 0.3) is 5.69 Å². The molecule has 1 saturated carbocycles. The molecule has 2 aromatic heterocycles. The highest BCUT2D eigenvalue weighted by molar-refractivity contribution is 5.95. The molecule has 158 valence electrons. The second-order valence-electron chi connectivity index (χ2n) is 7.83. The van der Waals surface area contributed by atoms with Gasteiger partial charge in [-0.05, 0) is 43.9 Å². The fourth-order valence-corrected chi connectivity index (χ4v) is 4.37. The predicted octanol–water partition coefficient (Wildman–Crippen LogP) is 3.31. The van der Waals surface area contributed by atoms with Crippen LogP contribution < -0.4 is 5.32 Å². The lowest BCUT2D eigenvalue weighted by atomic mass is 9.75. The molecule has 2 N–H and O–H groups in total. The van der Waals surface area contributed by atoms with E-state index in [0.717, 1.165) is 5.56 Å². The smallest absolute Gasteiger partial charge is 0.339 e. The first-order valence-corrected chi connectivity index (χ1v) is 9.99. The average Bonchev–Trinajstić information content (AvgIpc) is 3.26. The van der Waals surface area contributed by atoms with E-state index in [0.29, 0.717) is 31.2 Å². The van der Waals surface area contributed by atoms with E-state index in [1.54, 1.807) is 30.6 Å². The number of ether oxygens (including phenoxy) is 1. The number of hydrogen-bond acceptors (Lipinski definition) is 6. The summed E-state index contributed by atoms with van der Waals surface area (Å²) in [6.45, 7) is 0. The van der Waals surface area contributed by atoms with Crippen LogP contribution in [0.15, 0.2) is 48.9 Å². The third-order valence-electron chi connectivity index (χ3n) is 6.02. The number of aromatic hydroxyl groups is 1. The standard InChI is InChI=1S/C22H19FN4O4/c23-16-3-1-2-4-17(16)27-12-18(28)19(26-27)25-20(29)13-5-8-22(9-6-13)15-11-24-10-7-14(15)21(30)31-22/h1-4,7,10-13,28H,5-6,8-9H2,(H,25,26,29). The second-order valence-corrected chi connectivity index (χ2v) is 7.83. The molecule has 0 unspecified atom stereocenters. The second kappa shape index (κ2) is 7.19. The number of nitrogens with one attached hydrogen (secondary N) is 1. The summed E-state index contributed by atoms with van der Waals surface area (Å²) < 4.78 is 20.8. The maximum absolute atomic E-state index is 14.0. The number of hydrogen-bond donors (Lipinski definition) is 2. The zero-order chi connectivity index (χ0) is 21.6. The minimum Gasteiger partial charge on any atom is -0.503 e. The first-order valence-electron chi connectivity index (χ1n) is 9.99. The highest BCUT2D eigenvalue weighted by atomic mass is 19.1. The van der Waals surface area contributed by atoms with E-state index in [4.69, 9.17) is 4.74 Å². The zero-order valence-corrected chi connectivity index (χ0v) is 16.4. The van der Waals surface area contributed by atoms with Gasteiger partial charge in [-0.15, -0.1) is 5.10 Å².